The SMILES string of the molecule is O=C(OF)c1cccc([N+](=O)[O-])c1. The van der Waals surface area contributed by atoms with Crippen molar-refractivity contribution in [1.82, 2.24) is 0 Å². The van der Waals surface area contributed by atoms with Gasteiger partial charge in [0.25, 0.3) is 5.69 Å². The zero-order valence-corrected chi connectivity index (χ0v) is 6.27. The Kier molecular flexibility index (Phi) is 2.53. The van der Waals surface area contributed by atoms with Crippen LogP contribution in [0.25, 0.3) is 0 Å². The summed E-state index contributed by atoms with van der Waals surface area (Å²) < 4.78 is 11.4. The number of non-ortho nitro benzene ring substituents is 1. The number of halogens is 1. The maximum absolute atomic E-state index is 11.4. The van der Waals surface area contributed by atoms with Gasteiger partial charge < -0.3 is 0 Å². The Morgan fingerprint density at radius 1 is 1.54 bits per heavy atom. The lowest BCUT2D eigenvalue weighted by atomic mass is 10.2. The molecule has 1 rings (SSSR count). The van der Waals surface area contributed by atoms with E-state index in [1.165, 1.54) is 18.2 Å². The van der Waals surface area contributed by atoms with Crippen molar-refractivity contribution in [2.45, 2.75) is 0 Å². The number of nitro groups is 1. The molecule has 0 atom stereocenters. The quantitative estimate of drug-likeness (QED) is 0.518. The standard InChI is InChI=1S/C7H4FNO4/c8-13-7(10)5-2-1-3-6(4-5)9(11)12/h1-4H. The molecule has 0 saturated carbocycles. The molecule has 0 bridgehead atoms. The first kappa shape index (κ1) is 9.11. The molecule has 0 N–H and O–H groups in total. The van der Waals surface area contributed by atoms with Crippen LogP contribution in [-0.4, -0.2) is 10.9 Å². The van der Waals surface area contributed by atoms with E-state index in [0.717, 1.165) is 6.07 Å². The lowest BCUT2D eigenvalue weighted by Crippen LogP contribution is -1.99. The number of hydrogen-bond donors (Lipinski definition) is 0. The Balaban J connectivity index is 3.05. The summed E-state index contributed by atoms with van der Waals surface area (Å²) in [6.45, 7) is 0. The van der Waals surface area contributed by atoms with Gasteiger partial charge in [0.05, 0.1) is 10.5 Å². The molecule has 0 spiro atoms. The van der Waals surface area contributed by atoms with Crippen molar-refractivity contribution in [3.05, 3.63) is 39.9 Å². The Labute approximate surface area is 71.8 Å². The molecule has 0 amide bonds. The summed E-state index contributed by atoms with van der Waals surface area (Å²) in [5.74, 6) is -1.25. The van der Waals surface area contributed by atoms with E-state index in [4.69, 9.17) is 0 Å². The molecule has 68 valence electrons. The van der Waals surface area contributed by atoms with Crippen LogP contribution in [0.1, 0.15) is 10.4 Å². The number of hydrogen-bond acceptors (Lipinski definition) is 4. The number of carbonyl (C=O) groups is 1. The van der Waals surface area contributed by atoms with Crippen molar-refractivity contribution in [3.8, 4) is 0 Å². The van der Waals surface area contributed by atoms with Gasteiger partial charge in [0.15, 0.2) is 0 Å². The van der Waals surface area contributed by atoms with Crippen LogP contribution in [0.4, 0.5) is 10.2 Å². The van der Waals surface area contributed by atoms with E-state index >= 15 is 0 Å². The van der Waals surface area contributed by atoms with Crippen molar-refractivity contribution in [2.75, 3.05) is 0 Å². The second-order valence-electron chi connectivity index (χ2n) is 2.17. The summed E-state index contributed by atoms with van der Waals surface area (Å²) in [6.07, 6.45) is 0. The summed E-state index contributed by atoms with van der Waals surface area (Å²) in [4.78, 5) is 23.0. The van der Waals surface area contributed by atoms with E-state index in [2.05, 4.69) is 4.94 Å². The van der Waals surface area contributed by atoms with Crippen molar-refractivity contribution in [1.29, 1.82) is 0 Å². The molecule has 0 fully saturated rings. The second-order valence-corrected chi connectivity index (χ2v) is 2.17. The predicted molar refractivity (Wildman–Crippen MR) is 39.6 cm³/mol. The van der Waals surface area contributed by atoms with E-state index in [-0.39, 0.29) is 11.3 Å². The highest BCUT2D eigenvalue weighted by molar-refractivity contribution is 5.89. The number of nitro benzene ring substituents is 1. The van der Waals surface area contributed by atoms with E-state index in [9.17, 15) is 19.4 Å². The molecule has 1 aromatic rings. The molecular weight excluding hydrogens is 181 g/mol. The molecule has 13 heavy (non-hydrogen) atoms. The van der Waals surface area contributed by atoms with Gasteiger partial charge in [0.1, 0.15) is 0 Å². The molecular formula is C7H4FNO4. The summed E-state index contributed by atoms with van der Waals surface area (Å²) in [5, 5.41) is 10.2. The van der Waals surface area contributed by atoms with Gasteiger partial charge in [-0.1, -0.05) is 6.07 Å². The van der Waals surface area contributed by atoms with Crippen LogP contribution in [0.5, 0.6) is 0 Å². The van der Waals surface area contributed by atoms with Gasteiger partial charge in [-0.3, -0.25) is 10.1 Å². The van der Waals surface area contributed by atoms with Crippen LogP contribution in [-0.2, 0) is 4.94 Å². The highest BCUT2D eigenvalue weighted by Gasteiger charge is 2.12. The summed E-state index contributed by atoms with van der Waals surface area (Å²) in [7, 11) is 0. The molecule has 0 unspecified atom stereocenters. The highest BCUT2D eigenvalue weighted by Crippen LogP contribution is 2.13. The molecule has 0 heterocycles. The number of rotatable bonds is 2. The molecule has 0 aliphatic rings. The van der Waals surface area contributed by atoms with Crippen LogP contribution >= 0.6 is 0 Å². The zero-order chi connectivity index (χ0) is 9.84. The summed E-state index contributed by atoms with van der Waals surface area (Å²) in [6, 6.07) is 4.61. The molecule has 1 aromatic carbocycles. The number of benzene rings is 1. The molecule has 0 saturated heterocycles. The van der Waals surface area contributed by atoms with Gasteiger partial charge >= 0.3 is 5.97 Å². The topological polar surface area (TPSA) is 69.4 Å². The van der Waals surface area contributed by atoms with Crippen LogP contribution < -0.4 is 0 Å². The second kappa shape index (κ2) is 3.61. The van der Waals surface area contributed by atoms with E-state index < -0.39 is 10.9 Å². The number of nitrogens with zero attached hydrogens (tertiary/aromatic N) is 1. The van der Waals surface area contributed by atoms with Crippen molar-refractivity contribution in [2.24, 2.45) is 0 Å². The maximum Gasteiger partial charge on any atom is 0.379 e. The lowest BCUT2D eigenvalue weighted by molar-refractivity contribution is -0.384. The zero-order valence-electron chi connectivity index (χ0n) is 6.27. The van der Waals surface area contributed by atoms with E-state index in [0.29, 0.717) is 0 Å². The van der Waals surface area contributed by atoms with E-state index in [1.807, 2.05) is 0 Å². The normalized spacial score (nSPS) is 9.31. The first-order valence-corrected chi connectivity index (χ1v) is 3.22. The third-order valence-electron chi connectivity index (χ3n) is 1.36. The highest BCUT2D eigenvalue weighted by atomic mass is 19.3. The molecule has 0 aromatic heterocycles. The minimum atomic E-state index is -1.25. The van der Waals surface area contributed by atoms with Crippen molar-refractivity contribution >= 4 is 11.7 Å². The fourth-order valence-corrected chi connectivity index (χ4v) is 0.791. The fourth-order valence-electron chi connectivity index (χ4n) is 0.791. The van der Waals surface area contributed by atoms with Crippen LogP contribution in [0.3, 0.4) is 0 Å². The minimum Gasteiger partial charge on any atom is -0.258 e. The molecule has 0 radical (unpaired) electrons. The number of carbonyl (C=O) groups excluding carboxylic acids is 1. The van der Waals surface area contributed by atoms with Crippen molar-refractivity contribution < 1.29 is 19.2 Å². The maximum atomic E-state index is 11.4. The van der Waals surface area contributed by atoms with Crippen LogP contribution in [0.15, 0.2) is 24.3 Å². The van der Waals surface area contributed by atoms with Gasteiger partial charge in [-0.2, -0.15) is 0 Å². The first-order chi connectivity index (χ1) is 6.15. The summed E-state index contributed by atoms with van der Waals surface area (Å²) in [5.41, 5.74) is -0.486. The van der Waals surface area contributed by atoms with Gasteiger partial charge in [0.2, 0.25) is 0 Å². The fraction of sp³-hybridized carbons (Fsp3) is 0. The smallest absolute Gasteiger partial charge is 0.258 e. The predicted octanol–water partition coefficient (Wildman–Crippen LogP) is 1.64. The molecule has 0 aliphatic heterocycles. The third kappa shape index (κ3) is 1.98. The van der Waals surface area contributed by atoms with E-state index in [1.54, 1.807) is 0 Å². The average molecular weight is 185 g/mol. The van der Waals surface area contributed by atoms with Crippen LogP contribution in [0.2, 0.25) is 0 Å². The van der Waals surface area contributed by atoms with Crippen molar-refractivity contribution in [3.63, 3.8) is 0 Å². The minimum absolute atomic E-state index is 0.197. The van der Waals surface area contributed by atoms with Gasteiger partial charge in [-0.25, -0.2) is 9.74 Å². The summed E-state index contributed by atoms with van der Waals surface area (Å²) >= 11 is 0. The monoisotopic (exact) mass is 185 g/mol. The Morgan fingerprint density at radius 2 is 2.23 bits per heavy atom. The van der Waals surface area contributed by atoms with Gasteiger partial charge in [0, 0.05) is 16.7 Å². The van der Waals surface area contributed by atoms with Gasteiger partial charge in [-0.15, -0.1) is 0 Å². The Morgan fingerprint density at radius 3 is 2.77 bits per heavy atom. The van der Waals surface area contributed by atoms with Gasteiger partial charge in [-0.05, 0) is 6.07 Å². The Bertz CT molecular complexity index is 352. The average Bonchev–Trinajstić information content (AvgIpc) is 2.17. The first-order valence-electron chi connectivity index (χ1n) is 3.22. The third-order valence-corrected chi connectivity index (χ3v) is 1.36. The molecule has 5 nitrogen and oxygen atoms in total. The lowest BCUT2D eigenvalue weighted by Gasteiger charge is -1.94. The van der Waals surface area contributed by atoms with Crippen LogP contribution in [0, 0.1) is 10.1 Å². The molecule has 0 aliphatic carbocycles. The Hall–Kier alpha value is -1.98. The molecule has 6 heteroatoms. The largest absolute Gasteiger partial charge is 0.379 e.